The predicted octanol–water partition coefficient (Wildman–Crippen LogP) is 3.39. The smallest absolute Gasteiger partial charge is 0.174 e. The Morgan fingerprint density at radius 3 is 2.53 bits per heavy atom. The highest BCUT2D eigenvalue weighted by atomic mass is 79.9. The van der Waals surface area contributed by atoms with Crippen molar-refractivity contribution in [2.45, 2.75) is 20.4 Å². The van der Waals surface area contributed by atoms with Crippen LogP contribution in [0.5, 0.6) is 11.5 Å². The molecule has 1 N–H and O–H groups in total. The van der Waals surface area contributed by atoms with Crippen LogP contribution >= 0.6 is 28.3 Å². The minimum Gasteiger partial charge on any atom is -0.492 e. The van der Waals surface area contributed by atoms with Crippen molar-refractivity contribution >= 4 is 28.3 Å². The zero-order chi connectivity index (χ0) is 12.0. The highest BCUT2D eigenvalue weighted by Gasteiger charge is 2.10. The number of benzene rings is 1. The van der Waals surface area contributed by atoms with E-state index in [-0.39, 0.29) is 12.4 Å². The number of halogens is 2. The largest absolute Gasteiger partial charge is 0.492 e. The number of ether oxygens (including phenoxy) is 2. The second-order valence-electron chi connectivity index (χ2n) is 3.32. The van der Waals surface area contributed by atoms with Gasteiger partial charge in [-0.15, -0.1) is 12.4 Å². The van der Waals surface area contributed by atoms with Crippen LogP contribution in [0, 0.1) is 0 Å². The van der Waals surface area contributed by atoms with Crippen molar-refractivity contribution in [3.63, 3.8) is 0 Å². The predicted molar refractivity (Wildman–Crippen MR) is 76.5 cm³/mol. The van der Waals surface area contributed by atoms with Gasteiger partial charge in [-0.1, -0.05) is 6.92 Å². The Kier molecular flexibility index (Phi) is 8.39. The molecule has 5 heteroatoms. The Balaban J connectivity index is 0.00000256. The van der Waals surface area contributed by atoms with E-state index in [1.807, 2.05) is 19.1 Å². The zero-order valence-corrected chi connectivity index (χ0v) is 12.8. The van der Waals surface area contributed by atoms with Crippen LogP contribution < -0.4 is 14.8 Å². The quantitative estimate of drug-likeness (QED) is 0.870. The first-order valence-corrected chi connectivity index (χ1v) is 6.22. The van der Waals surface area contributed by atoms with Crippen molar-refractivity contribution in [2.24, 2.45) is 0 Å². The van der Waals surface area contributed by atoms with Crippen LogP contribution in [0.2, 0.25) is 0 Å². The molecular formula is C12H19BrClNO2. The third-order valence-corrected chi connectivity index (χ3v) is 2.74. The second-order valence-corrected chi connectivity index (χ2v) is 4.18. The van der Waals surface area contributed by atoms with Gasteiger partial charge in [-0.2, -0.15) is 0 Å². The summed E-state index contributed by atoms with van der Waals surface area (Å²) in [5, 5.41) is 3.28. The van der Waals surface area contributed by atoms with Gasteiger partial charge in [-0.05, 0) is 47.1 Å². The molecule has 0 bridgehead atoms. The molecule has 0 radical (unpaired) electrons. The normalized spacial score (nSPS) is 9.65. The monoisotopic (exact) mass is 323 g/mol. The SMILES string of the molecule is CCNCc1cc(Br)c(OC)c(OCC)c1.Cl. The number of hydrogen-bond donors (Lipinski definition) is 1. The van der Waals surface area contributed by atoms with Crippen molar-refractivity contribution in [3.8, 4) is 11.5 Å². The lowest BCUT2D eigenvalue weighted by atomic mass is 10.2. The van der Waals surface area contributed by atoms with E-state index in [1.54, 1.807) is 7.11 Å². The molecule has 0 aliphatic heterocycles. The second kappa shape index (κ2) is 8.61. The Hall–Kier alpha value is -0.450. The molecule has 3 nitrogen and oxygen atoms in total. The van der Waals surface area contributed by atoms with Gasteiger partial charge in [0.15, 0.2) is 11.5 Å². The van der Waals surface area contributed by atoms with Crippen LogP contribution in [0.4, 0.5) is 0 Å². The van der Waals surface area contributed by atoms with E-state index in [2.05, 4.69) is 28.2 Å². The van der Waals surface area contributed by atoms with Crippen molar-refractivity contribution in [3.05, 3.63) is 22.2 Å². The third-order valence-electron chi connectivity index (χ3n) is 2.15. The summed E-state index contributed by atoms with van der Waals surface area (Å²) in [7, 11) is 1.65. The van der Waals surface area contributed by atoms with Crippen molar-refractivity contribution < 1.29 is 9.47 Å². The fourth-order valence-electron chi connectivity index (χ4n) is 1.45. The van der Waals surface area contributed by atoms with E-state index < -0.39 is 0 Å². The van der Waals surface area contributed by atoms with Gasteiger partial charge in [0.2, 0.25) is 0 Å². The van der Waals surface area contributed by atoms with Gasteiger partial charge in [0, 0.05) is 6.54 Å². The Bertz CT molecular complexity index is 348. The van der Waals surface area contributed by atoms with Gasteiger partial charge in [0.25, 0.3) is 0 Å². The molecule has 0 amide bonds. The van der Waals surface area contributed by atoms with Crippen LogP contribution in [0.1, 0.15) is 19.4 Å². The summed E-state index contributed by atoms with van der Waals surface area (Å²) >= 11 is 3.49. The van der Waals surface area contributed by atoms with E-state index in [0.717, 1.165) is 29.1 Å². The molecule has 1 aromatic carbocycles. The number of methoxy groups -OCH3 is 1. The van der Waals surface area contributed by atoms with Gasteiger partial charge >= 0.3 is 0 Å². The first kappa shape index (κ1) is 16.6. The molecule has 0 atom stereocenters. The summed E-state index contributed by atoms with van der Waals surface area (Å²) in [5.41, 5.74) is 1.18. The zero-order valence-electron chi connectivity index (χ0n) is 10.4. The molecule has 0 unspecified atom stereocenters. The highest BCUT2D eigenvalue weighted by Crippen LogP contribution is 2.36. The fraction of sp³-hybridized carbons (Fsp3) is 0.500. The molecule has 0 fully saturated rings. The number of hydrogen-bond acceptors (Lipinski definition) is 3. The van der Waals surface area contributed by atoms with E-state index in [1.165, 1.54) is 5.56 Å². The van der Waals surface area contributed by atoms with Crippen molar-refractivity contribution in [1.82, 2.24) is 5.32 Å². The van der Waals surface area contributed by atoms with Crippen LogP contribution in [0.3, 0.4) is 0 Å². The Morgan fingerprint density at radius 1 is 1.29 bits per heavy atom. The molecule has 0 saturated heterocycles. The van der Waals surface area contributed by atoms with E-state index in [4.69, 9.17) is 9.47 Å². The van der Waals surface area contributed by atoms with Gasteiger partial charge in [-0.3, -0.25) is 0 Å². The maximum absolute atomic E-state index is 5.55. The summed E-state index contributed by atoms with van der Waals surface area (Å²) in [6, 6.07) is 4.06. The maximum Gasteiger partial charge on any atom is 0.174 e. The molecule has 98 valence electrons. The fourth-order valence-corrected chi connectivity index (χ4v) is 2.11. The van der Waals surface area contributed by atoms with E-state index in [9.17, 15) is 0 Å². The maximum atomic E-state index is 5.55. The topological polar surface area (TPSA) is 30.5 Å². The molecule has 17 heavy (non-hydrogen) atoms. The molecule has 0 aliphatic carbocycles. The minimum absolute atomic E-state index is 0. The summed E-state index contributed by atoms with van der Waals surface area (Å²) in [5.74, 6) is 1.54. The van der Waals surface area contributed by atoms with Gasteiger partial charge in [-0.25, -0.2) is 0 Å². The van der Waals surface area contributed by atoms with Gasteiger partial charge in [0.1, 0.15) is 0 Å². The van der Waals surface area contributed by atoms with Crippen LogP contribution in [0.15, 0.2) is 16.6 Å². The van der Waals surface area contributed by atoms with Crippen LogP contribution in [-0.2, 0) is 6.54 Å². The molecule has 0 saturated carbocycles. The molecule has 0 aliphatic rings. The van der Waals surface area contributed by atoms with Crippen molar-refractivity contribution in [1.29, 1.82) is 0 Å². The van der Waals surface area contributed by atoms with E-state index in [0.29, 0.717) is 6.61 Å². The molecule has 0 spiro atoms. The lowest BCUT2D eigenvalue weighted by Gasteiger charge is -2.13. The molecule has 1 aromatic rings. The van der Waals surface area contributed by atoms with Gasteiger partial charge in [0.05, 0.1) is 18.2 Å². The molecule has 0 heterocycles. The number of nitrogens with one attached hydrogen (secondary N) is 1. The lowest BCUT2D eigenvalue weighted by Crippen LogP contribution is -2.12. The summed E-state index contributed by atoms with van der Waals surface area (Å²) in [4.78, 5) is 0. The minimum atomic E-state index is 0. The molecular weight excluding hydrogens is 305 g/mol. The summed E-state index contributed by atoms with van der Waals surface area (Å²) < 4.78 is 11.8. The average Bonchev–Trinajstić information content (AvgIpc) is 2.26. The van der Waals surface area contributed by atoms with Crippen LogP contribution in [0.25, 0.3) is 0 Å². The van der Waals surface area contributed by atoms with Crippen LogP contribution in [-0.4, -0.2) is 20.3 Å². The summed E-state index contributed by atoms with van der Waals surface area (Å²) in [6.45, 7) is 6.46. The van der Waals surface area contributed by atoms with Crippen molar-refractivity contribution in [2.75, 3.05) is 20.3 Å². The highest BCUT2D eigenvalue weighted by molar-refractivity contribution is 9.10. The standard InChI is InChI=1S/C12H18BrNO2.ClH/c1-4-14-8-9-6-10(13)12(15-3)11(7-9)16-5-2;/h6-7,14H,4-5,8H2,1-3H3;1H. The first-order chi connectivity index (χ1) is 7.72. The summed E-state index contributed by atoms with van der Waals surface area (Å²) in [6.07, 6.45) is 0. The first-order valence-electron chi connectivity index (χ1n) is 5.42. The van der Waals surface area contributed by atoms with Gasteiger partial charge < -0.3 is 14.8 Å². The molecule has 1 rings (SSSR count). The third kappa shape index (κ3) is 4.74. The molecule has 0 aromatic heterocycles. The lowest BCUT2D eigenvalue weighted by molar-refractivity contribution is 0.309. The Labute approximate surface area is 117 Å². The van der Waals surface area contributed by atoms with E-state index >= 15 is 0 Å². The Morgan fingerprint density at radius 2 is 2.00 bits per heavy atom. The number of rotatable bonds is 6. The average molecular weight is 325 g/mol.